The van der Waals surface area contributed by atoms with Crippen LogP contribution in [0.2, 0.25) is 0 Å². The van der Waals surface area contributed by atoms with Crippen LogP contribution in [0.1, 0.15) is 90.5 Å². The highest BCUT2D eigenvalue weighted by molar-refractivity contribution is 5.98. The molecule has 0 fully saturated rings. The molecule has 6 heteroatoms. The summed E-state index contributed by atoms with van der Waals surface area (Å²) in [6.07, 6.45) is 7.69. The van der Waals surface area contributed by atoms with E-state index in [1.807, 2.05) is 31.2 Å². The summed E-state index contributed by atoms with van der Waals surface area (Å²) < 4.78 is 6.44. The third kappa shape index (κ3) is 6.57. The van der Waals surface area contributed by atoms with Crippen molar-refractivity contribution in [3.05, 3.63) is 29.8 Å². The van der Waals surface area contributed by atoms with Gasteiger partial charge in [0.1, 0.15) is 5.60 Å². The third-order valence-electron chi connectivity index (χ3n) is 7.14. The highest BCUT2D eigenvalue weighted by Gasteiger charge is 2.46. The second-order valence-corrected chi connectivity index (χ2v) is 9.67. The fourth-order valence-electron chi connectivity index (χ4n) is 4.91. The van der Waals surface area contributed by atoms with Crippen molar-refractivity contribution in [2.75, 3.05) is 26.0 Å². The van der Waals surface area contributed by atoms with E-state index < -0.39 is 11.2 Å². The van der Waals surface area contributed by atoms with Crippen LogP contribution in [-0.2, 0) is 19.9 Å². The van der Waals surface area contributed by atoms with Gasteiger partial charge in [-0.1, -0.05) is 71.1 Å². The van der Waals surface area contributed by atoms with Gasteiger partial charge in [-0.05, 0) is 31.7 Å². The first-order valence-electron chi connectivity index (χ1n) is 12.7. The highest BCUT2D eigenvalue weighted by Crippen LogP contribution is 2.43. The molecule has 0 aromatic heterocycles. The SMILES string of the molecule is CCCCCCC1COC(CC)(CCC(=O)N(C)C)C(=O)Nc2ccccc2C1(O)CCC. The van der Waals surface area contributed by atoms with Gasteiger partial charge in [-0.25, -0.2) is 0 Å². The number of carbonyl (C=O) groups is 2. The monoisotopic (exact) mass is 460 g/mol. The number of rotatable bonds is 11. The molecule has 1 aromatic rings. The Kier molecular flexibility index (Phi) is 10.4. The molecule has 186 valence electrons. The molecule has 0 saturated carbocycles. The number of nitrogens with zero attached hydrogens (tertiary/aromatic N) is 1. The normalized spacial score (nSPS) is 25.4. The zero-order valence-corrected chi connectivity index (χ0v) is 21.3. The topological polar surface area (TPSA) is 78.9 Å². The van der Waals surface area contributed by atoms with Gasteiger partial charge in [-0.2, -0.15) is 0 Å². The van der Waals surface area contributed by atoms with Gasteiger partial charge in [0.15, 0.2) is 0 Å². The Hall–Kier alpha value is -1.92. The number of anilines is 1. The Bertz CT molecular complexity index is 781. The predicted molar refractivity (Wildman–Crippen MR) is 133 cm³/mol. The summed E-state index contributed by atoms with van der Waals surface area (Å²) in [7, 11) is 3.44. The summed E-state index contributed by atoms with van der Waals surface area (Å²) in [5.74, 6) is -0.411. The van der Waals surface area contributed by atoms with Gasteiger partial charge in [0.2, 0.25) is 5.91 Å². The quantitative estimate of drug-likeness (QED) is 0.442. The van der Waals surface area contributed by atoms with Crippen LogP contribution in [-0.4, -0.2) is 48.1 Å². The summed E-state index contributed by atoms with van der Waals surface area (Å²) >= 11 is 0. The zero-order chi connectivity index (χ0) is 24.5. The van der Waals surface area contributed by atoms with Gasteiger partial charge >= 0.3 is 0 Å². The minimum absolute atomic E-state index is 0.0295. The molecule has 2 rings (SSSR count). The number of ether oxygens (including phenoxy) is 1. The molecule has 0 radical (unpaired) electrons. The Morgan fingerprint density at radius 3 is 2.48 bits per heavy atom. The van der Waals surface area contributed by atoms with E-state index in [2.05, 4.69) is 19.2 Å². The lowest BCUT2D eigenvalue weighted by Crippen LogP contribution is -2.47. The van der Waals surface area contributed by atoms with Crippen molar-refractivity contribution in [3.63, 3.8) is 0 Å². The van der Waals surface area contributed by atoms with Crippen LogP contribution in [0, 0.1) is 5.92 Å². The molecule has 0 aliphatic carbocycles. The van der Waals surface area contributed by atoms with E-state index in [0.717, 1.165) is 37.7 Å². The van der Waals surface area contributed by atoms with Crippen molar-refractivity contribution in [3.8, 4) is 0 Å². The molecule has 0 saturated heterocycles. The number of carbonyl (C=O) groups excluding carboxylic acids is 2. The molecular weight excluding hydrogens is 416 g/mol. The number of para-hydroxylation sites is 1. The maximum Gasteiger partial charge on any atom is 0.256 e. The molecule has 2 amide bonds. The molecule has 0 spiro atoms. The lowest BCUT2D eigenvalue weighted by Gasteiger charge is -2.38. The number of hydrogen-bond donors (Lipinski definition) is 2. The minimum atomic E-state index is -1.11. The highest BCUT2D eigenvalue weighted by atomic mass is 16.5. The lowest BCUT2D eigenvalue weighted by atomic mass is 9.75. The molecule has 1 aliphatic rings. The molecule has 1 aromatic carbocycles. The van der Waals surface area contributed by atoms with Crippen LogP contribution in [0.25, 0.3) is 0 Å². The summed E-state index contributed by atoms with van der Waals surface area (Å²) in [6.45, 7) is 6.48. The number of benzene rings is 1. The van der Waals surface area contributed by atoms with E-state index in [9.17, 15) is 14.7 Å². The van der Waals surface area contributed by atoms with Crippen LogP contribution < -0.4 is 5.32 Å². The summed E-state index contributed by atoms with van der Waals surface area (Å²) in [6, 6.07) is 7.59. The van der Waals surface area contributed by atoms with Crippen molar-refractivity contribution < 1.29 is 19.4 Å². The van der Waals surface area contributed by atoms with Gasteiger partial charge < -0.3 is 20.1 Å². The van der Waals surface area contributed by atoms with Crippen molar-refractivity contribution in [1.82, 2.24) is 4.90 Å². The van der Waals surface area contributed by atoms with Crippen molar-refractivity contribution >= 4 is 17.5 Å². The van der Waals surface area contributed by atoms with E-state index in [1.54, 1.807) is 19.0 Å². The van der Waals surface area contributed by atoms with E-state index in [1.165, 1.54) is 6.42 Å². The molecule has 6 nitrogen and oxygen atoms in total. The van der Waals surface area contributed by atoms with Gasteiger partial charge in [-0.15, -0.1) is 0 Å². The first-order chi connectivity index (χ1) is 15.7. The van der Waals surface area contributed by atoms with Gasteiger partial charge in [-0.3, -0.25) is 9.59 Å². The number of nitrogens with one attached hydrogen (secondary N) is 1. The molecule has 3 atom stereocenters. The Balaban J connectivity index is 2.47. The molecule has 0 bridgehead atoms. The van der Waals surface area contributed by atoms with E-state index in [0.29, 0.717) is 24.9 Å². The third-order valence-corrected chi connectivity index (χ3v) is 7.14. The smallest absolute Gasteiger partial charge is 0.256 e. The van der Waals surface area contributed by atoms with Crippen molar-refractivity contribution in [1.29, 1.82) is 0 Å². The van der Waals surface area contributed by atoms with Crippen LogP contribution >= 0.6 is 0 Å². The maximum atomic E-state index is 13.6. The molecular formula is C27H44N2O4. The van der Waals surface area contributed by atoms with Crippen molar-refractivity contribution in [2.45, 2.75) is 96.2 Å². The average Bonchev–Trinajstić information content (AvgIpc) is 2.83. The number of fused-ring (bicyclic) bond motifs is 1. The Morgan fingerprint density at radius 1 is 1.12 bits per heavy atom. The summed E-state index contributed by atoms with van der Waals surface area (Å²) in [5, 5.41) is 15.2. The van der Waals surface area contributed by atoms with Crippen LogP contribution in [0.4, 0.5) is 5.69 Å². The Morgan fingerprint density at radius 2 is 1.85 bits per heavy atom. The maximum absolute atomic E-state index is 13.6. The number of unbranched alkanes of at least 4 members (excludes halogenated alkanes) is 3. The first kappa shape index (κ1) is 27.3. The second-order valence-electron chi connectivity index (χ2n) is 9.67. The Labute approximate surface area is 200 Å². The molecule has 3 unspecified atom stereocenters. The van der Waals surface area contributed by atoms with Crippen LogP contribution in [0.3, 0.4) is 0 Å². The molecule has 1 aliphatic heterocycles. The molecule has 2 N–H and O–H groups in total. The fraction of sp³-hybridized carbons (Fsp3) is 0.704. The summed E-state index contributed by atoms with van der Waals surface area (Å²) in [5.41, 5.74) is -0.800. The largest absolute Gasteiger partial charge is 0.385 e. The number of aliphatic hydroxyl groups is 1. The average molecular weight is 461 g/mol. The lowest BCUT2D eigenvalue weighted by molar-refractivity contribution is -0.154. The van der Waals surface area contributed by atoms with Gasteiger partial charge in [0.25, 0.3) is 5.91 Å². The summed E-state index contributed by atoms with van der Waals surface area (Å²) in [4.78, 5) is 27.4. The number of amides is 2. The predicted octanol–water partition coefficient (Wildman–Crippen LogP) is 5.25. The van der Waals surface area contributed by atoms with Crippen molar-refractivity contribution in [2.24, 2.45) is 5.92 Å². The van der Waals surface area contributed by atoms with E-state index in [-0.39, 0.29) is 30.8 Å². The van der Waals surface area contributed by atoms with Crippen LogP contribution in [0.5, 0.6) is 0 Å². The van der Waals surface area contributed by atoms with E-state index in [4.69, 9.17) is 4.74 Å². The van der Waals surface area contributed by atoms with E-state index >= 15 is 0 Å². The molecule has 1 heterocycles. The fourth-order valence-corrected chi connectivity index (χ4v) is 4.91. The van der Waals surface area contributed by atoms with Crippen LogP contribution in [0.15, 0.2) is 24.3 Å². The second kappa shape index (κ2) is 12.5. The van der Waals surface area contributed by atoms with Gasteiger partial charge in [0, 0.05) is 37.7 Å². The zero-order valence-electron chi connectivity index (χ0n) is 21.3. The molecule has 33 heavy (non-hydrogen) atoms. The minimum Gasteiger partial charge on any atom is -0.385 e. The van der Waals surface area contributed by atoms with Gasteiger partial charge in [0.05, 0.1) is 12.2 Å². The first-order valence-corrected chi connectivity index (χ1v) is 12.7. The standard InChI is InChI=1S/C27H44N2O4/c1-6-9-10-11-14-21-20-33-26(8-3,19-17-24(30)29(4)5)25(31)28-23-16-13-12-15-22(23)27(21,32)18-7-2/h12-13,15-16,21,32H,6-11,14,17-20H2,1-5H3,(H,28,31). The number of hydrogen-bond acceptors (Lipinski definition) is 4.